The summed E-state index contributed by atoms with van der Waals surface area (Å²) in [6.45, 7) is -0.507. The van der Waals surface area contributed by atoms with Crippen molar-refractivity contribution in [3.05, 3.63) is 74.8 Å². The molecule has 0 unspecified atom stereocenters. The molecule has 0 saturated carbocycles. The highest BCUT2D eigenvalue weighted by Crippen LogP contribution is 2.34. The van der Waals surface area contributed by atoms with Gasteiger partial charge in [0.15, 0.2) is 11.6 Å². The summed E-state index contributed by atoms with van der Waals surface area (Å²) in [4.78, 5) is 0.0551. The van der Waals surface area contributed by atoms with Crippen LogP contribution in [0.5, 0.6) is 5.75 Å². The second-order valence-corrected chi connectivity index (χ2v) is 13.4. The fourth-order valence-electron chi connectivity index (χ4n) is 3.73. The van der Waals surface area contributed by atoms with E-state index in [2.05, 4.69) is 10.0 Å². The minimum absolute atomic E-state index is 0.0551. The Morgan fingerprint density at radius 3 is 2.11 bits per heavy atom. The van der Waals surface area contributed by atoms with Gasteiger partial charge in [-0.15, -0.1) is 0 Å². The minimum Gasteiger partial charge on any atom is -0.497 e. The Hall–Kier alpha value is -2.24. The van der Waals surface area contributed by atoms with Crippen LogP contribution in [-0.4, -0.2) is 58.7 Å². The molecule has 3 aromatic carbocycles. The van der Waals surface area contributed by atoms with Gasteiger partial charge in [0, 0.05) is 29.7 Å². The maximum absolute atomic E-state index is 14.8. The van der Waals surface area contributed by atoms with E-state index in [1.165, 1.54) is 35.7 Å². The van der Waals surface area contributed by atoms with Gasteiger partial charge in [0.2, 0.25) is 10.0 Å². The van der Waals surface area contributed by atoms with Gasteiger partial charge in [0.05, 0.1) is 28.4 Å². The first-order valence-corrected chi connectivity index (χ1v) is 15.4. The number of hydrogen-bond donors (Lipinski definition) is 2. The van der Waals surface area contributed by atoms with Crippen molar-refractivity contribution in [3.63, 3.8) is 0 Å². The molecule has 0 aliphatic carbocycles. The number of methoxy groups -OCH3 is 1. The molecule has 1 saturated heterocycles. The Kier molecular flexibility index (Phi) is 8.68. The number of anilines is 3. The molecule has 4 rings (SSSR count). The van der Waals surface area contributed by atoms with Gasteiger partial charge in [-0.2, -0.15) is 17.0 Å². The highest BCUT2D eigenvalue weighted by atomic mass is 127. The molecule has 1 heterocycles. The molecule has 2 N–H and O–H groups in total. The van der Waals surface area contributed by atoms with E-state index < -0.39 is 37.6 Å². The first kappa shape index (κ1) is 28.8. The molecular weight excluding hydrogens is 677 g/mol. The van der Waals surface area contributed by atoms with Crippen molar-refractivity contribution < 1.29 is 30.4 Å². The predicted octanol–water partition coefficient (Wildman–Crippen LogP) is 4.64. The number of ether oxygens (including phenoxy) is 1. The zero-order valence-electron chi connectivity index (χ0n) is 19.8. The Bertz CT molecular complexity index is 1550. The van der Waals surface area contributed by atoms with Crippen molar-refractivity contribution in [2.24, 2.45) is 0 Å². The number of hydrogen-bond acceptors (Lipinski definition) is 6. The number of rotatable bonds is 8. The standard InChI is InChI=1S/C23H22ClF2IN4O5S2/c1-36-16-3-5-17(6-4-16)37(32,33)30-10-12-31(13-11-30)38(34,35)29-21-9-7-19(25)22(26)23(21)28-20-8-2-15(27)14-18(20)24/h2-9,14,28-29H,10-13H2,1H3. The van der Waals surface area contributed by atoms with Crippen molar-refractivity contribution in [1.29, 1.82) is 0 Å². The molecule has 9 nitrogen and oxygen atoms in total. The van der Waals surface area contributed by atoms with Crippen molar-refractivity contribution in [2.75, 3.05) is 43.3 Å². The largest absolute Gasteiger partial charge is 0.497 e. The van der Waals surface area contributed by atoms with Crippen LogP contribution >= 0.6 is 34.2 Å². The SMILES string of the molecule is COc1ccc(S(=O)(=O)N2CCN(S(=O)(=O)Nc3ccc(F)c(F)c3Nc3ccc(I)cc3Cl)CC2)cc1. The zero-order chi connectivity index (χ0) is 27.7. The van der Waals surface area contributed by atoms with Gasteiger partial charge in [-0.3, -0.25) is 4.72 Å². The van der Waals surface area contributed by atoms with Gasteiger partial charge in [0.25, 0.3) is 0 Å². The topological polar surface area (TPSA) is 108 Å². The summed E-state index contributed by atoms with van der Waals surface area (Å²) in [6, 6.07) is 12.6. The smallest absolute Gasteiger partial charge is 0.301 e. The second-order valence-electron chi connectivity index (χ2n) is 8.12. The number of piperazine rings is 1. The summed E-state index contributed by atoms with van der Waals surface area (Å²) in [5.41, 5.74) is -0.446. The molecule has 38 heavy (non-hydrogen) atoms. The Labute approximate surface area is 238 Å². The second kappa shape index (κ2) is 11.5. The lowest BCUT2D eigenvalue weighted by Crippen LogP contribution is -2.51. The van der Waals surface area contributed by atoms with E-state index in [9.17, 15) is 25.6 Å². The molecule has 1 aliphatic heterocycles. The fourth-order valence-corrected chi connectivity index (χ4v) is 7.28. The number of halogens is 4. The summed E-state index contributed by atoms with van der Waals surface area (Å²) in [5, 5.41) is 2.89. The van der Waals surface area contributed by atoms with Gasteiger partial charge in [-0.25, -0.2) is 17.2 Å². The molecule has 1 aliphatic rings. The average Bonchev–Trinajstić information content (AvgIpc) is 2.89. The third-order valence-electron chi connectivity index (χ3n) is 5.76. The van der Waals surface area contributed by atoms with Gasteiger partial charge in [-0.05, 0) is 77.2 Å². The van der Waals surface area contributed by atoms with E-state index in [1.807, 2.05) is 22.6 Å². The first-order chi connectivity index (χ1) is 17.9. The van der Waals surface area contributed by atoms with Crippen LogP contribution in [0.25, 0.3) is 0 Å². The normalized spacial score (nSPS) is 15.3. The summed E-state index contributed by atoms with van der Waals surface area (Å²) < 4.78 is 91.4. The molecule has 0 spiro atoms. The van der Waals surface area contributed by atoms with Gasteiger partial charge < -0.3 is 10.1 Å². The lowest BCUT2D eigenvalue weighted by molar-refractivity contribution is 0.274. The van der Waals surface area contributed by atoms with Crippen molar-refractivity contribution >= 4 is 71.5 Å². The van der Waals surface area contributed by atoms with Crippen LogP contribution in [0, 0.1) is 15.2 Å². The van der Waals surface area contributed by atoms with E-state index >= 15 is 0 Å². The fraction of sp³-hybridized carbons (Fsp3) is 0.217. The third-order valence-corrected chi connectivity index (χ3v) is 10.2. The van der Waals surface area contributed by atoms with Gasteiger partial charge in [0.1, 0.15) is 11.4 Å². The quantitative estimate of drug-likeness (QED) is 0.332. The summed E-state index contributed by atoms with van der Waals surface area (Å²) in [7, 11) is -6.64. The Morgan fingerprint density at radius 1 is 0.895 bits per heavy atom. The van der Waals surface area contributed by atoms with Crippen LogP contribution in [0.15, 0.2) is 59.5 Å². The number of nitrogens with zero attached hydrogens (tertiary/aromatic N) is 2. The molecule has 0 bridgehead atoms. The molecule has 1 fully saturated rings. The monoisotopic (exact) mass is 698 g/mol. The Morgan fingerprint density at radius 2 is 1.50 bits per heavy atom. The molecule has 0 amide bonds. The molecule has 3 aromatic rings. The van der Waals surface area contributed by atoms with Gasteiger partial charge >= 0.3 is 10.2 Å². The first-order valence-electron chi connectivity index (χ1n) is 11.0. The summed E-state index contributed by atoms with van der Waals surface area (Å²) in [6.07, 6.45) is 0. The number of benzene rings is 3. The Balaban J connectivity index is 1.51. The van der Waals surface area contributed by atoms with E-state index in [1.54, 1.807) is 18.2 Å². The van der Waals surface area contributed by atoms with Crippen molar-refractivity contribution in [2.45, 2.75) is 4.90 Å². The van der Waals surface area contributed by atoms with Crippen molar-refractivity contribution in [1.82, 2.24) is 8.61 Å². The average molecular weight is 699 g/mol. The minimum atomic E-state index is -4.26. The van der Waals surface area contributed by atoms with Crippen molar-refractivity contribution in [3.8, 4) is 5.75 Å². The summed E-state index contributed by atoms with van der Waals surface area (Å²) >= 11 is 8.24. The molecule has 204 valence electrons. The molecule has 0 radical (unpaired) electrons. The van der Waals surface area contributed by atoms with Crippen LogP contribution in [0.2, 0.25) is 5.02 Å². The van der Waals surface area contributed by atoms with Crippen LogP contribution in [0.3, 0.4) is 0 Å². The maximum Gasteiger partial charge on any atom is 0.301 e. The lowest BCUT2D eigenvalue weighted by Gasteiger charge is -2.33. The van der Waals surface area contributed by atoms with Crippen LogP contribution in [0.1, 0.15) is 0 Å². The molecule has 15 heteroatoms. The van der Waals surface area contributed by atoms with E-state index in [4.69, 9.17) is 16.3 Å². The van der Waals surface area contributed by atoms with E-state index in [0.717, 1.165) is 20.0 Å². The molecule has 0 aromatic heterocycles. The van der Waals surface area contributed by atoms with E-state index in [0.29, 0.717) is 5.75 Å². The molecular formula is C23H22ClF2IN4O5S2. The summed E-state index contributed by atoms with van der Waals surface area (Å²) in [5.74, 6) is -1.98. The number of nitrogens with one attached hydrogen (secondary N) is 2. The molecule has 0 atom stereocenters. The highest BCUT2D eigenvalue weighted by Gasteiger charge is 2.33. The van der Waals surface area contributed by atoms with E-state index in [-0.39, 0.29) is 47.5 Å². The zero-order valence-corrected chi connectivity index (χ0v) is 24.3. The lowest BCUT2D eigenvalue weighted by atomic mass is 10.2. The predicted molar refractivity (Wildman–Crippen MR) is 150 cm³/mol. The van der Waals surface area contributed by atoms with Crippen LogP contribution in [-0.2, 0) is 20.2 Å². The third kappa shape index (κ3) is 6.15. The maximum atomic E-state index is 14.8. The highest BCUT2D eigenvalue weighted by molar-refractivity contribution is 14.1. The number of sulfonamides is 1. The van der Waals surface area contributed by atoms with Gasteiger partial charge in [-0.1, -0.05) is 11.6 Å². The van der Waals surface area contributed by atoms with Crippen LogP contribution < -0.4 is 14.8 Å². The van der Waals surface area contributed by atoms with Crippen LogP contribution in [0.4, 0.5) is 25.8 Å².